The molecule has 0 aliphatic rings. The molecule has 0 unspecified atom stereocenters. The van der Waals surface area contributed by atoms with Gasteiger partial charge in [0.2, 0.25) is 5.95 Å². The van der Waals surface area contributed by atoms with Crippen LogP contribution in [-0.4, -0.2) is 24.1 Å². The zero-order chi connectivity index (χ0) is 50.6. The minimum absolute atomic E-state index is 0.487. The summed E-state index contributed by atoms with van der Waals surface area (Å²) in [5, 5.41) is 11.3. The van der Waals surface area contributed by atoms with Crippen LogP contribution in [0, 0.1) is 0 Å². The van der Waals surface area contributed by atoms with Gasteiger partial charge in [-0.25, -0.2) is 4.98 Å². The Morgan fingerprint density at radius 2 is 0.792 bits per heavy atom. The number of fused-ring (bicyclic) bond motifs is 14. The molecule has 16 rings (SSSR count). The van der Waals surface area contributed by atoms with Crippen LogP contribution < -0.4 is 0 Å². The van der Waals surface area contributed by atoms with E-state index in [0.29, 0.717) is 17.6 Å². The van der Waals surface area contributed by atoms with Crippen LogP contribution in [0.3, 0.4) is 0 Å². The second kappa shape index (κ2) is 17.1. The summed E-state index contributed by atoms with van der Waals surface area (Å²) in [6.45, 7) is 0. The number of benzene rings is 12. The SMILES string of the molecule is c1ccc(-c2cc(-c3ccccc3)cc(-c3nc(-c4ccccc4)nc(-n4c5cc(-c6ccc7c8ccccc8n(-c8cccc9ccccc89)c7c6)ccc5c5c6ccccc6c6c7ccccc7oc6c54)n3)c2)cc1. The van der Waals surface area contributed by atoms with Gasteiger partial charge in [0, 0.05) is 48.8 Å². The van der Waals surface area contributed by atoms with Crippen LogP contribution in [0.15, 0.2) is 265 Å². The van der Waals surface area contributed by atoms with Crippen LogP contribution in [0.5, 0.6) is 0 Å². The van der Waals surface area contributed by atoms with E-state index in [0.717, 1.165) is 110 Å². The van der Waals surface area contributed by atoms with Crippen LogP contribution in [0.1, 0.15) is 0 Å². The van der Waals surface area contributed by atoms with Gasteiger partial charge in [0.25, 0.3) is 0 Å². The summed E-state index contributed by atoms with van der Waals surface area (Å²) in [4.78, 5) is 16.5. The molecule has 6 nitrogen and oxygen atoms in total. The normalized spacial score (nSPS) is 11.9. The van der Waals surface area contributed by atoms with E-state index >= 15 is 0 Å². The molecule has 16 aromatic rings. The highest BCUT2D eigenvalue weighted by molar-refractivity contribution is 6.35. The molecule has 77 heavy (non-hydrogen) atoms. The van der Waals surface area contributed by atoms with E-state index in [1.54, 1.807) is 0 Å². The van der Waals surface area contributed by atoms with Gasteiger partial charge in [-0.1, -0.05) is 212 Å². The van der Waals surface area contributed by atoms with Gasteiger partial charge >= 0.3 is 0 Å². The molecule has 0 fully saturated rings. The quantitative estimate of drug-likeness (QED) is 0.160. The number of hydrogen-bond donors (Lipinski definition) is 0. The Bertz CT molecular complexity index is 4970. The third-order valence-corrected chi connectivity index (χ3v) is 15.5. The minimum atomic E-state index is 0.487. The number of aromatic nitrogens is 5. The number of para-hydroxylation sites is 2. The van der Waals surface area contributed by atoms with Gasteiger partial charge in [-0.05, 0) is 98.1 Å². The maximum Gasteiger partial charge on any atom is 0.238 e. The Kier molecular flexibility index (Phi) is 9.53. The molecule has 0 saturated heterocycles. The fraction of sp³-hybridized carbons (Fsp3) is 0. The van der Waals surface area contributed by atoms with Crippen LogP contribution >= 0.6 is 0 Å². The maximum absolute atomic E-state index is 7.11. The molecule has 0 amide bonds. The van der Waals surface area contributed by atoms with Crippen molar-refractivity contribution in [2.24, 2.45) is 0 Å². The summed E-state index contributed by atoms with van der Waals surface area (Å²) in [7, 11) is 0. The second-order valence-corrected chi connectivity index (χ2v) is 19.9. The van der Waals surface area contributed by atoms with Crippen molar-refractivity contribution in [2.75, 3.05) is 0 Å². The maximum atomic E-state index is 7.11. The summed E-state index contributed by atoms with van der Waals surface area (Å²) < 4.78 is 11.8. The van der Waals surface area contributed by atoms with Crippen molar-refractivity contribution >= 4 is 87.1 Å². The first-order valence-electron chi connectivity index (χ1n) is 26.1. The molecule has 4 heterocycles. The number of furan rings is 1. The highest BCUT2D eigenvalue weighted by Gasteiger charge is 2.26. The molecule has 0 bridgehead atoms. The van der Waals surface area contributed by atoms with Gasteiger partial charge in [-0.2, -0.15) is 9.97 Å². The molecule has 0 N–H and O–H groups in total. The molecule has 12 aromatic carbocycles. The van der Waals surface area contributed by atoms with Crippen molar-refractivity contribution in [1.82, 2.24) is 24.1 Å². The van der Waals surface area contributed by atoms with E-state index in [-0.39, 0.29) is 0 Å². The van der Waals surface area contributed by atoms with Gasteiger partial charge in [0.05, 0.1) is 22.2 Å². The molecule has 358 valence electrons. The first-order valence-corrected chi connectivity index (χ1v) is 26.1. The van der Waals surface area contributed by atoms with Crippen LogP contribution in [0.2, 0.25) is 0 Å². The molecule has 0 saturated carbocycles. The summed E-state index contributed by atoms with van der Waals surface area (Å²) >= 11 is 0. The van der Waals surface area contributed by atoms with Crippen molar-refractivity contribution in [3.63, 3.8) is 0 Å². The van der Waals surface area contributed by atoms with Gasteiger partial charge in [-0.3, -0.25) is 4.57 Å². The van der Waals surface area contributed by atoms with Crippen molar-refractivity contribution in [1.29, 1.82) is 0 Å². The Balaban J connectivity index is 1.01. The zero-order valence-electron chi connectivity index (χ0n) is 41.5. The largest absolute Gasteiger partial charge is 0.454 e. The lowest BCUT2D eigenvalue weighted by Gasteiger charge is -2.14. The third-order valence-electron chi connectivity index (χ3n) is 15.5. The molecule has 0 aliphatic carbocycles. The van der Waals surface area contributed by atoms with Crippen molar-refractivity contribution in [3.05, 3.63) is 261 Å². The van der Waals surface area contributed by atoms with E-state index in [1.165, 1.54) is 27.1 Å². The first kappa shape index (κ1) is 43.0. The minimum Gasteiger partial charge on any atom is -0.454 e. The second-order valence-electron chi connectivity index (χ2n) is 19.9. The van der Waals surface area contributed by atoms with Gasteiger partial charge < -0.3 is 8.98 Å². The number of rotatable bonds is 7. The summed E-state index contributed by atoms with van der Waals surface area (Å²) in [6.07, 6.45) is 0. The van der Waals surface area contributed by atoms with Gasteiger partial charge in [-0.15, -0.1) is 0 Å². The van der Waals surface area contributed by atoms with E-state index in [9.17, 15) is 0 Å². The summed E-state index contributed by atoms with van der Waals surface area (Å²) in [5.74, 6) is 1.61. The van der Waals surface area contributed by atoms with Crippen LogP contribution in [0.25, 0.3) is 155 Å². The highest BCUT2D eigenvalue weighted by Crippen LogP contribution is 2.47. The average Bonchev–Trinajstić information content (AvgIpc) is 4.19. The fourth-order valence-corrected chi connectivity index (χ4v) is 12.0. The third kappa shape index (κ3) is 6.79. The molecule has 6 heteroatoms. The molecular formula is C71H43N5O. The van der Waals surface area contributed by atoms with Crippen molar-refractivity contribution in [3.8, 4) is 67.8 Å². The number of hydrogen-bond acceptors (Lipinski definition) is 4. The molecule has 0 spiro atoms. The average molecular weight is 982 g/mol. The molecule has 0 aliphatic heterocycles. The summed E-state index contributed by atoms with van der Waals surface area (Å²) in [5.41, 5.74) is 15.1. The first-order chi connectivity index (χ1) is 38.2. The van der Waals surface area contributed by atoms with Crippen molar-refractivity contribution in [2.45, 2.75) is 0 Å². The monoisotopic (exact) mass is 981 g/mol. The molecular weight excluding hydrogens is 939 g/mol. The van der Waals surface area contributed by atoms with Gasteiger partial charge in [0.15, 0.2) is 17.2 Å². The van der Waals surface area contributed by atoms with Gasteiger partial charge in [0.1, 0.15) is 11.1 Å². The lowest BCUT2D eigenvalue weighted by molar-refractivity contribution is 0.671. The zero-order valence-corrected chi connectivity index (χ0v) is 41.5. The topological polar surface area (TPSA) is 61.7 Å². The van der Waals surface area contributed by atoms with Crippen LogP contribution in [-0.2, 0) is 0 Å². The standard InChI is InChI=1S/C71H43N5O/c1-4-19-44(20-5-1)50-39-51(45-21-6-2-7-22-45)41-52(40-50)70-72-69(47-24-8-3-9-25-47)73-71(74-70)76-63-43-49(36-38-58(63)65-56-29-12-13-30-57(56)66-59-31-15-17-34-64(59)77-68(66)67(65)76)48-35-37-55-54-28-14-16-32-61(54)75(62(55)42-48)60-33-18-26-46-23-10-11-27-53(46)60/h1-43H. The summed E-state index contributed by atoms with van der Waals surface area (Å²) in [6, 6.07) is 92.8. The molecule has 4 aromatic heterocycles. The van der Waals surface area contributed by atoms with Crippen LogP contribution in [0.4, 0.5) is 0 Å². The Hall–Kier alpha value is -10.4. The Morgan fingerprint density at radius 3 is 1.49 bits per heavy atom. The Labute approximate surface area is 442 Å². The van der Waals surface area contributed by atoms with Crippen molar-refractivity contribution < 1.29 is 4.42 Å². The predicted octanol–water partition coefficient (Wildman–Crippen LogP) is 18.6. The van der Waals surface area contributed by atoms with E-state index < -0.39 is 0 Å². The number of nitrogens with zero attached hydrogens (tertiary/aromatic N) is 5. The molecule has 0 atom stereocenters. The fourth-order valence-electron chi connectivity index (χ4n) is 12.0. The lowest BCUT2D eigenvalue weighted by atomic mass is 9.96. The van der Waals surface area contributed by atoms with E-state index in [4.69, 9.17) is 19.4 Å². The smallest absolute Gasteiger partial charge is 0.238 e. The van der Waals surface area contributed by atoms with E-state index in [2.05, 4.69) is 246 Å². The Morgan fingerprint density at radius 1 is 0.286 bits per heavy atom. The molecule has 0 radical (unpaired) electrons. The lowest BCUT2D eigenvalue weighted by Crippen LogP contribution is -2.07. The highest BCUT2D eigenvalue weighted by atomic mass is 16.3. The van der Waals surface area contributed by atoms with E-state index in [1.807, 2.05) is 24.3 Å². The predicted molar refractivity (Wildman–Crippen MR) is 318 cm³/mol.